The van der Waals surface area contributed by atoms with Crippen LogP contribution in [0.1, 0.15) is 45.6 Å². The number of ether oxygens (including phenoxy) is 1. The van der Waals surface area contributed by atoms with Gasteiger partial charge >= 0.3 is 0 Å². The second kappa shape index (κ2) is 9.72. The molecule has 3 rings (SSSR count). The Hall–Kier alpha value is -1.10. The zero-order valence-corrected chi connectivity index (χ0v) is 17.0. The van der Waals surface area contributed by atoms with Crippen LogP contribution in [0.3, 0.4) is 0 Å². The molecule has 2 fully saturated rings. The highest BCUT2D eigenvalue weighted by Crippen LogP contribution is 2.23. The fraction of sp³-hybridized carbons (Fsp3) is 0.727. The van der Waals surface area contributed by atoms with E-state index in [4.69, 9.17) is 4.74 Å². The molecule has 2 heterocycles. The average molecular weight is 360 g/mol. The molecular weight excluding hydrogens is 322 g/mol. The van der Waals surface area contributed by atoms with Crippen molar-refractivity contribution in [3.63, 3.8) is 0 Å². The first kappa shape index (κ1) is 19.7. The zero-order chi connectivity index (χ0) is 18.4. The Labute approximate surface area is 160 Å². The van der Waals surface area contributed by atoms with Gasteiger partial charge in [-0.25, -0.2) is 0 Å². The molecule has 0 unspecified atom stereocenters. The average Bonchev–Trinajstić information content (AvgIpc) is 2.98. The van der Waals surface area contributed by atoms with Gasteiger partial charge in [0.15, 0.2) is 0 Å². The smallest absolute Gasteiger partial charge is 0.119 e. The quantitative estimate of drug-likeness (QED) is 0.707. The Morgan fingerprint density at radius 1 is 0.885 bits per heavy atom. The maximum absolute atomic E-state index is 5.67. The van der Waals surface area contributed by atoms with Crippen molar-refractivity contribution in [1.29, 1.82) is 0 Å². The van der Waals surface area contributed by atoms with Crippen LogP contribution < -0.4 is 4.74 Å². The standard InChI is InChI=1S/C22H37N3O/c1-4-17-26-22-9-7-21(8-10-22)18-24-13-11-23(12-14-24)15-16-25-19(2)5-6-20(25)3/h7-10,19-20H,4-6,11-18H2,1-3H3/t19-,20+. The van der Waals surface area contributed by atoms with E-state index in [1.54, 1.807) is 0 Å². The first-order valence-corrected chi connectivity index (χ1v) is 10.6. The third kappa shape index (κ3) is 5.45. The van der Waals surface area contributed by atoms with Crippen LogP contribution in [0.15, 0.2) is 24.3 Å². The predicted molar refractivity (Wildman–Crippen MR) is 109 cm³/mol. The molecule has 2 saturated heterocycles. The Bertz CT molecular complexity index is 515. The molecule has 0 spiro atoms. The molecule has 1 aromatic carbocycles. The van der Waals surface area contributed by atoms with Crippen molar-refractivity contribution in [3.05, 3.63) is 29.8 Å². The number of nitrogens with zero attached hydrogens (tertiary/aromatic N) is 3. The van der Waals surface area contributed by atoms with Crippen LogP contribution in [0.25, 0.3) is 0 Å². The van der Waals surface area contributed by atoms with Gasteiger partial charge in [0.2, 0.25) is 0 Å². The first-order chi connectivity index (χ1) is 12.7. The van der Waals surface area contributed by atoms with Gasteiger partial charge in [0.1, 0.15) is 5.75 Å². The normalized spacial score (nSPS) is 25.7. The molecule has 0 bridgehead atoms. The second-order valence-electron chi connectivity index (χ2n) is 8.12. The fourth-order valence-electron chi connectivity index (χ4n) is 4.29. The van der Waals surface area contributed by atoms with Crippen molar-refractivity contribution in [2.24, 2.45) is 0 Å². The van der Waals surface area contributed by atoms with Gasteiger partial charge in [-0.2, -0.15) is 0 Å². The van der Waals surface area contributed by atoms with Crippen LogP contribution in [0.4, 0.5) is 0 Å². The number of likely N-dealkylation sites (tertiary alicyclic amines) is 1. The fourth-order valence-corrected chi connectivity index (χ4v) is 4.29. The Balaban J connectivity index is 1.37. The van der Waals surface area contributed by atoms with E-state index in [1.807, 2.05) is 0 Å². The van der Waals surface area contributed by atoms with Crippen molar-refractivity contribution in [2.45, 2.75) is 58.7 Å². The third-order valence-corrected chi connectivity index (χ3v) is 6.08. The van der Waals surface area contributed by atoms with Crippen LogP contribution in [-0.4, -0.2) is 72.7 Å². The summed E-state index contributed by atoms with van der Waals surface area (Å²) in [4.78, 5) is 7.93. The van der Waals surface area contributed by atoms with Crippen molar-refractivity contribution in [3.8, 4) is 5.75 Å². The number of rotatable bonds is 8. The lowest BCUT2D eigenvalue weighted by Gasteiger charge is -2.36. The minimum absolute atomic E-state index is 0.774. The molecule has 146 valence electrons. The number of hydrogen-bond donors (Lipinski definition) is 0. The van der Waals surface area contributed by atoms with Crippen LogP contribution in [0, 0.1) is 0 Å². The molecule has 2 aliphatic rings. The molecule has 1 aromatic rings. The van der Waals surface area contributed by atoms with E-state index < -0.39 is 0 Å². The minimum Gasteiger partial charge on any atom is -0.494 e. The third-order valence-electron chi connectivity index (χ3n) is 6.08. The lowest BCUT2D eigenvalue weighted by Crippen LogP contribution is -2.48. The van der Waals surface area contributed by atoms with Crippen LogP contribution in [-0.2, 0) is 6.54 Å². The Morgan fingerprint density at radius 3 is 2.12 bits per heavy atom. The summed E-state index contributed by atoms with van der Waals surface area (Å²) in [6.45, 7) is 16.0. The van der Waals surface area contributed by atoms with Gasteiger partial charge in [-0.1, -0.05) is 19.1 Å². The van der Waals surface area contributed by atoms with E-state index in [1.165, 1.54) is 57.7 Å². The monoisotopic (exact) mass is 359 g/mol. The highest BCUT2D eigenvalue weighted by atomic mass is 16.5. The summed E-state index contributed by atoms with van der Waals surface area (Å²) in [6, 6.07) is 10.2. The molecule has 4 heteroatoms. The van der Waals surface area contributed by atoms with Crippen molar-refractivity contribution in [1.82, 2.24) is 14.7 Å². The van der Waals surface area contributed by atoms with Gasteiger partial charge in [0, 0.05) is 57.9 Å². The van der Waals surface area contributed by atoms with Crippen LogP contribution in [0.5, 0.6) is 5.75 Å². The molecule has 0 aromatic heterocycles. The Kier molecular flexibility index (Phi) is 7.35. The molecule has 4 nitrogen and oxygen atoms in total. The SMILES string of the molecule is CCCOc1ccc(CN2CCN(CCN3[C@H](C)CC[C@@H]3C)CC2)cc1. The first-order valence-electron chi connectivity index (χ1n) is 10.6. The summed E-state index contributed by atoms with van der Waals surface area (Å²) in [7, 11) is 0. The number of hydrogen-bond acceptors (Lipinski definition) is 4. The van der Waals surface area contributed by atoms with E-state index in [9.17, 15) is 0 Å². The van der Waals surface area contributed by atoms with Crippen molar-refractivity contribution < 1.29 is 4.74 Å². The Morgan fingerprint density at radius 2 is 1.50 bits per heavy atom. The van der Waals surface area contributed by atoms with E-state index in [0.717, 1.165) is 37.4 Å². The minimum atomic E-state index is 0.774. The lowest BCUT2D eigenvalue weighted by atomic mass is 10.2. The van der Waals surface area contributed by atoms with E-state index in [2.05, 4.69) is 59.7 Å². The molecular formula is C22H37N3O. The molecule has 2 atom stereocenters. The molecule has 0 N–H and O–H groups in total. The van der Waals surface area contributed by atoms with Gasteiger partial charge in [0.05, 0.1) is 6.61 Å². The van der Waals surface area contributed by atoms with Crippen LogP contribution >= 0.6 is 0 Å². The highest BCUT2D eigenvalue weighted by Gasteiger charge is 2.27. The van der Waals surface area contributed by atoms with E-state index in [-0.39, 0.29) is 0 Å². The van der Waals surface area contributed by atoms with Crippen molar-refractivity contribution >= 4 is 0 Å². The van der Waals surface area contributed by atoms with Gasteiger partial charge in [-0.15, -0.1) is 0 Å². The summed E-state index contributed by atoms with van der Waals surface area (Å²) in [6.07, 6.45) is 3.80. The summed E-state index contributed by atoms with van der Waals surface area (Å²) < 4.78 is 5.67. The van der Waals surface area contributed by atoms with E-state index >= 15 is 0 Å². The summed E-state index contributed by atoms with van der Waals surface area (Å²) in [5.74, 6) is 0.991. The number of benzene rings is 1. The largest absolute Gasteiger partial charge is 0.494 e. The maximum atomic E-state index is 5.67. The number of piperazine rings is 1. The van der Waals surface area contributed by atoms with Crippen LogP contribution in [0.2, 0.25) is 0 Å². The predicted octanol–water partition coefficient (Wildman–Crippen LogP) is 3.47. The molecule has 0 aliphatic carbocycles. The second-order valence-corrected chi connectivity index (χ2v) is 8.12. The van der Waals surface area contributed by atoms with Gasteiger partial charge in [0.25, 0.3) is 0 Å². The lowest BCUT2D eigenvalue weighted by molar-refractivity contribution is 0.106. The topological polar surface area (TPSA) is 19.0 Å². The summed E-state index contributed by atoms with van der Waals surface area (Å²) >= 11 is 0. The highest BCUT2D eigenvalue weighted by molar-refractivity contribution is 5.27. The molecule has 2 aliphatic heterocycles. The molecule has 26 heavy (non-hydrogen) atoms. The van der Waals surface area contributed by atoms with E-state index in [0.29, 0.717) is 0 Å². The summed E-state index contributed by atoms with van der Waals surface area (Å²) in [5.41, 5.74) is 1.39. The summed E-state index contributed by atoms with van der Waals surface area (Å²) in [5, 5.41) is 0. The van der Waals surface area contributed by atoms with Crippen molar-refractivity contribution in [2.75, 3.05) is 45.9 Å². The zero-order valence-electron chi connectivity index (χ0n) is 17.0. The molecule has 0 radical (unpaired) electrons. The van der Waals surface area contributed by atoms with Gasteiger partial charge in [-0.3, -0.25) is 14.7 Å². The maximum Gasteiger partial charge on any atom is 0.119 e. The van der Waals surface area contributed by atoms with Gasteiger partial charge < -0.3 is 4.74 Å². The molecule has 0 amide bonds. The molecule has 0 saturated carbocycles. The van der Waals surface area contributed by atoms with Gasteiger partial charge in [-0.05, 0) is 50.8 Å².